The maximum absolute atomic E-state index is 12.2. The summed E-state index contributed by atoms with van der Waals surface area (Å²) in [4.78, 5) is 36.3. The van der Waals surface area contributed by atoms with Crippen LogP contribution in [0, 0.1) is 0 Å². The van der Waals surface area contributed by atoms with E-state index >= 15 is 0 Å². The van der Waals surface area contributed by atoms with Gasteiger partial charge in [-0.1, -0.05) is 42.5 Å². The van der Waals surface area contributed by atoms with Crippen molar-refractivity contribution < 1.29 is 23.9 Å². The zero-order valence-corrected chi connectivity index (χ0v) is 15.3. The SMILES string of the molecule is COc1ccccc1C(=O)COC(=O)CNC(=O)c1ccc2ccccc2c1. The minimum absolute atomic E-state index is 0.329. The van der Waals surface area contributed by atoms with E-state index in [9.17, 15) is 14.4 Å². The predicted octanol–water partition coefficient (Wildman–Crippen LogP) is 3.00. The van der Waals surface area contributed by atoms with Gasteiger partial charge in [0.2, 0.25) is 5.78 Å². The monoisotopic (exact) mass is 377 g/mol. The molecule has 0 spiro atoms. The maximum atomic E-state index is 12.2. The molecule has 3 aromatic carbocycles. The van der Waals surface area contributed by atoms with Gasteiger partial charge >= 0.3 is 5.97 Å². The molecule has 0 atom stereocenters. The molecule has 142 valence electrons. The quantitative estimate of drug-likeness (QED) is 0.506. The Balaban J connectivity index is 1.52. The van der Waals surface area contributed by atoms with E-state index in [2.05, 4.69) is 5.32 Å². The second-order valence-electron chi connectivity index (χ2n) is 6.03. The van der Waals surface area contributed by atoms with Crippen molar-refractivity contribution in [3.63, 3.8) is 0 Å². The summed E-state index contributed by atoms with van der Waals surface area (Å²) in [6.45, 7) is -0.754. The van der Waals surface area contributed by atoms with Crippen LogP contribution in [0.1, 0.15) is 20.7 Å². The van der Waals surface area contributed by atoms with Crippen LogP contribution >= 0.6 is 0 Å². The number of ether oxygens (including phenoxy) is 2. The average molecular weight is 377 g/mol. The van der Waals surface area contributed by atoms with Gasteiger partial charge in [-0.25, -0.2) is 0 Å². The van der Waals surface area contributed by atoms with Gasteiger partial charge in [-0.05, 0) is 35.0 Å². The molecule has 6 heteroatoms. The van der Waals surface area contributed by atoms with Crippen LogP contribution in [0.5, 0.6) is 5.75 Å². The van der Waals surface area contributed by atoms with Crippen LogP contribution in [0.2, 0.25) is 0 Å². The lowest BCUT2D eigenvalue weighted by Gasteiger charge is -2.09. The Morgan fingerprint density at radius 3 is 2.39 bits per heavy atom. The maximum Gasteiger partial charge on any atom is 0.325 e. The number of carbonyl (C=O) groups is 3. The van der Waals surface area contributed by atoms with Gasteiger partial charge in [-0.3, -0.25) is 14.4 Å². The van der Waals surface area contributed by atoms with Gasteiger partial charge < -0.3 is 14.8 Å². The van der Waals surface area contributed by atoms with Gasteiger partial charge in [0.1, 0.15) is 12.3 Å². The number of hydrogen-bond donors (Lipinski definition) is 1. The first kappa shape index (κ1) is 19.1. The fraction of sp³-hybridized carbons (Fsp3) is 0.136. The van der Waals surface area contributed by atoms with Crippen LogP contribution in [0.25, 0.3) is 10.8 Å². The number of methoxy groups -OCH3 is 1. The third-order valence-electron chi connectivity index (χ3n) is 4.18. The fourth-order valence-corrected chi connectivity index (χ4v) is 2.73. The molecule has 0 bridgehead atoms. The van der Waals surface area contributed by atoms with Crippen molar-refractivity contribution in [1.82, 2.24) is 5.32 Å². The number of hydrogen-bond acceptors (Lipinski definition) is 5. The Hall–Kier alpha value is -3.67. The molecule has 0 fully saturated rings. The van der Waals surface area contributed by atoms with Crippen molar-refractivity contribution in [3.05, 3.63) is 77.9 Å². The Kier molecular flexibility index (Phi) is 6.01. The van der Waals surface area contributed by atoms with Gasteiger partial charge in [0.15, 0.2) is 6.61 Å². The summed E-state index contributed by atoms with van der Waals surface area (Å²) in [5.41, 5.74) is 0.773. The first-order valence-corrected chi connectivity index (χ1v) is 8.67. The number of rotatable bonds is 7. The van der Waals surface area contributed by atoms with Crippen LogP contribution in [0.3, 0.4) is 0 Å². The number of amides is 1. The highest BCUT2D eigenvalue weighted by Crippen LogP contribution is 2.18. The van der Waals surface area contributed by atoms with E-state index in [0.717, 1.165) is 10.8 Å². The number of carbonyl (C=O) groups excluding carboxylic acids is 3. The molecule has 3 rings (SSSR count). The minimum atomic E-state index is -0.697. The van der Waals surface area contributed by atoms with Crippen molar-refractivity contribution in [2.75, 3.05) is 20.3 Å². The summed E-state index contributed by atoms with van der Waals surface area (Å²) >= 11 is 0. The molecular formula is C22H19NO5. The van der Waals surface area contributed by atoms with Crippen molar-refractivity contribution in [2.24, 2.45) is 0 Å². The van der Waals surface area contributed by atoms with E-state index in [-0.39, 0.29) is 12.3 Å². The number of para-hydroxylation sites is 1. The molecule has 0 aliphatic carbocycles. The molecule has 3 aromatic rings. The van der Waals surface area contributed by atoms with Crippen molar-refractivity contribution in [3.8, 4) is 5.75 Å². The van der Waals surface area contributed by atoms with Crippen LogP contribution < -0.4 is 10.1 Å². The predicted molar refractivity (Wildman–Crippen MR) is 105 cm³/mol. The van der Waals surface area contributed by atoms with Crippen LogP contribution in [0.15, 0.2) is 66.7 Å². The summed E-state index contributed by atoms with van der Waals surface area (Å²) in [5.74, 6) is -1.06. The lowest BCUT2D eigenvalue weighted by molar-refractivity contribution is -0.141. The number of esters is 1. The molecule has 6 nitrogen and oxygen atoms in total. The zero-order valence-electron chi connectivity index (χ0n) is 15.3. The Labute approximate surface area is 162 Å². The third kappa shape index (κ3) is 4.54. The second kappa shape index (κ2) is 8.81. The number of nitrogens with one attached hydrogen (secondary N) is 1. The molecule has 0 saturated carbocycles. The van der Waals surface area contributed by atoms with E-state index in [1.807, 2.05) is 30.3 Å². The van der Waals surface area contributed by atoms with Crippen molar-refractivity contribution in [1.29, 1.82) is 0 Å². The van der Waals surface area contributed by atoms with Crippen LogP contribution in [-0.4, -0.2) is 37.9 Å². The molecule has 1 N–H and O–H groups in total. The van der Waals surface area contributed by atoms with E-state index in [1.54, 1.807) is 36.4 Å². The van der Waals surface area contributed by atoms with E-state index in [0.29, 0.717) is 16.9 Å². The average Bonchev–Trinajstić information content (AvgIpc) is 2.75. The standard InChI is InChI=1S/C22H19NO5/c1-27-20-9-5-4-8-18(20)19(24)14-28-21(25)13-23-22(26)17-11-10-15-6-2-3-7-16(15)12-17/h2-12H,13-14H2,1H3,(H,23,26). The van der Waals surface area contributed by atoms with Gasteiger partial charge in [-0.15, -0.1) is 0 Å². The molecular weight excluding hydrogens is 358 g/mol. The molecule has 1 amide bonds. The smallest absolute Gasteiger partial charge is 0.325 e. The molecule has 0 aliphatic heterocycles. The molecule has 0 radical (unpaired) electrons. The number of fused-ring (bicyclic) bond motifs is 1. The van der Waals surface area contributed by atoms with Gasteiger partial charge in [0.25, 0.3) is 5.91 Å². The van der Waals surface area contributed by atoms with Crippen molar-refractivity contribution in [2.45, 2.75) is 0 Å². The second-order valence-corrected chi connectivity index (χ2v) is 6.03. The highest BCUT2D eigenvalue weighted by atomic mass is 16.5. The topological polar surface area (TPSA) is 81.7 Å². The first-order valence-electron chi connectivity index (χ1n) is 8.67. The summed E-state index contributed by atoms with van der Waals surface area (Å²) in [6, 6.07) is 19.6. The van der Waals surface area contributed by atoms with E-state index in [4.69, 9.17) is 9.47 Å². The third-order valence-corrected chi connectivity index (χ3v) is 4.18. The van der Waals surface area contributed by atoms with Gasteiger partial charge in [-0.2, -0.15) is 0 Å². The summed E-state index contributed by atoms with van der Waals surface area (Å²) in [7, 11) is 1.46. The first-order chi connectivity index (χ1) is 13.6. The number of ketones is 1. The largest absolute Gasteiger partial charge is 0.496 e. The molecule has 28 heavy (non-hydrogen) atoms. The Morgan fingerprint density at radius 1 is 0.893 bits per heavy atom. The molecule has 0 aliphatic rings. The fourth-order valence-electron chi connectivity index (χ4n) is 2.73. The molecule has 0 heterocycles. The Morgan fingerprint density at radius 2 is 1.61 bits per heavy atom. The summed E-state index contributed by atoms with van der Waals surface area (Å²) in [5, 5.41) is 4.45. The van der Waals surface area contributed by atoms with Crippen LogP contribution in [0.4, 0.5) is 0 Å². The number of benzene rings is 3. The minimum Gasteiger partial charge on any atom is -0.496 e. The highest BCUT2D eigenvalue weighted by Gasteiger charge is 2.15. The molecule has 0 saturated heterocycles. The van der Waals surface area contributed by atoms with Gasteiger partial charge in [0.05, 0.1) is 12.7 Å². The summed E-state index contributed by atoms with van der Waals surface area (Å²) in [6.07, 6.45) is 0. The Bertz CT molecular complexity index is 1030. The van der Waals surface area contributed by atoms with Crippen molar-refractivity contribution >= 4 is 28.4 Å². The lowest BCUT2D eigenvalue weighted by Crippen LogP contribution is -2.31. The van der Waals surface area contributed by atoms with E-state index in [1.165, 1.54) is 7.11 Å². The lowest BCUT2D eigenvalue weighted by atomic mass is 10.1. The van der Waals surface area contributed by atoms with Gasteiger partial charge in [0, 0.05) is 5.56 Å². The highest BCUT2D eigenvalue weighted by molar-refractivity contribution is 6.01. The van der Waals surface area contributed by atoms with Crippen LogP contribution in [-0.2, 0) is 9.53 Å². The molecule has 0 unspecified atom stereocenters. The number of Topliss-reactive ketones (excluding diaryl/α,β-unsaturated/α-hetero) is 1. The summed E-state index contributed by atoms with van der Waals surface area (Å²) < 4.78 is 10.1. The van der Waals surface area contributed by atoms with E-state index < -0.39 is 18.5 Å². The zero-order chi connectivity index (χ0) is 19.9. The normalized spacial score (nSPS) is 10.3. The molecule has 0 aromatic heterocycles.